The third-order valence-electron chi connectivity index (χ3n) is 5.29. The summed E-state index contributed by atoms with van der Waals surface area (Å²) in [6, 6.07) is 8.20. The molecule has 1 N–H and O–H groups in total. The molecule has 0 spiro atoms. The molecule has 2 fully saturated rings. The third-order valence-corrected chi connectivity index (χ3v) is 5.29. The lowest BCUT2D eigenvalue weighted by Crippen LogP contribution is -2.52. The van der Waals surface area contributed by atoms with E-state index in [9.17, 15) is 9.59 Å². The molecule has 0 unspecified atom stereocenters. The second-order valence-corrected chi connectivity index (χ2v) is 8.08. The number of nitrogens with one attached hydrogen (secondary N) is 1. The molecule has 2 aliphatic rings. The Bertz CT molecular complexity index is 636. The zero-order valence-electron chi connectivity index (χ0n) is 16.6. The zero-order chi connectivity index (χ0) is 19.2. The minimum atomic E-state index is 0.0194. The summed E-state index contributed by atoms with van der Waals surface area (Å²) in [4.78, 5) is 30.4. The van der Waals surface area contributed by atoms with Crippen LogP contribution >= 0.6 is 0 Å². The normalized spacial score (nSPS) is 18.4. The Balaban J connectivity index is 1.40. The SMILES string of the molecule is CC(C)CN1CCN(C(=O)NCc2ccc(CN3CCCC3=O)cc2)CC1. The van der Waals surface area contributed by atoms with Crippen molar-refractivity contribution < 1.29 is 9.59 Å². The van der Waals surface area contributed by atoms with Gasteiger partial charge >= 0.3 is 6.03 Å². The summed E-state index contributed by atoms with van der Waals surface area (Å²) in [5.74, 6) is 0.914. The van der Waals surface area contributed by atoms with Crippen LogP contribution in [0.3, 0.4) is 0 Å². The second kappa shape index (κ2) is 9.22. The van der Waals surface area contributed by atoms with Crippen molar-refractivity contribution >= 4 is 11.9 Å². The van der Waals surface area contributed by atoms with E-state index in [4.69, 9.17) is 0 Å². The summed E-state index contributed by atoms with van der Waals surface area (Å²) in [6.45, 7) is 11.1. The van der Waals surface area contributed by atoms with Crippen LogP contribution in [0.1, 0.15) is 37.8 Å². The lowest BCUT2D eigenvalue weighted by molar-refractivity contribution is -0.128. The average molecular weight is 373 g/mol. The maximum absolute atomic E-state index is 12.4. The largest absolute Gasteiger partial charge is 0.338 e. The minimum absolute atomic E-state index is 0.0194. The molecule has 3 amide bonds. The van der Waals surface area contributed by atoms with Crippen molar-refractivity contribution in [3.63, 3.8) is 0 Å². The maximum atomic E-state index is 12.4. The topological polar surface area (TPSA) is 55.9 Å². The molecule has 1 aromatic rings. The van der Waals surface area contributed by atoms with Gasteiger partial charge in [0.05, 0.1) is 0 Å². The number of carbonyl (C=O) groups is 2. The zero-order valence-corrected chi connectivity index (χ0v) is 16.6. The molecule has 148 valence electrons. The van der Waals surface area contributed by atoms with Crippen LogP contribution in [0.5, 0.6) is 0 Å². The van der Waals surface area contributed by atoms with Gasteiger partial charge in [0.25, 0.3) is 0 Å². The highest BCUT2D eigenvalue weighted by Gasteiger charge is 2.21. The van der Waals surface area contributed by atoms with Gasteiger partial charge in [-0.15, -0.1) is 0 Å². The molecule has 3 rings (SSSR count). The van der Waals surface area contributed by atoms with Crippen LogP contribution in [0.25, 0.3) is 0 Å². The van der Waals surface area contributed by atoms with Crippen molar-refractivity contribution in [1.82, 2.24) is 20.0 Å². The molecule has 1 aromatic carbocycles. The highest BCUT2D eigenvalue weighted by molar-refractivity contribution is 5.78. The number of rotatable bonds is 6. The number of piperazine rings is 1. The number of hydrogen-bond acceptors (Lipinski definition) is 3. The van der Waals surface area contributed by atoms with Crippen LogP contribution in [-0.4, -0.2) is 65.9 Å². The molecule has 0 atom stereocenters. The van der Waals surface area contributed by atoms with E-state index in [1.807, 2.05) is 21.9 Å². The Labute approximate surface area is 162 Å². The fourth-order valence-corrected chi connectivity index (χ4v) is 3.79. The van der Waals surface area contributed by atoms with Crippen molar-refractivity contribution in [3.05, 3.63) is 35.4 Å². The molecular weight excluding hydrogens is 340 g/mol. The molecule has 6 heteroatoms. The van der Waals surface area contributed by atoms with E-state index in [2.05, 4.69) is 36.2 Å². The molecule has 2 aliphatic heterocycles. The first-order chi connectivity index (χ1) is 13.0. The summed E-state index contributed by atoms with van der Waals surface area (Å²) < 4.78 is 0. The third kappa shape index (κ3) is 5.70. The molecular formula is C21H32N4O2. The molecule has 27 heavy (non-hydrogen) atoms. The smallest absolute Gasteiger partial charge is 0.317 e. The van der Waals surface area contributed by atoms with Crippen molar-refractivity contribution in [2.45, 2.75) is 39.8 Å². The highest BCUT2D eigenvalue weighted by Crippen LogP contribution is 2.15. The first kappa shape index (κ1) is 19.7. The van der Waals surface area contributed by atoms with E-state index >= 15 is 0 Å². The number of amides is 3. The molecule has 2 saturated heterocycles. The first-order valence-corrected chi connectivity index (χ1v) is 10.1. The number of benzene rings is 1. The first-order valence-electron chi connectivity index (χ1n) is 10.1. The van der Waals surface area contributed by atoms with Gasteiger partial charge in [-0.2, -0.15) is 0 Å². The average Bonchev–Trinajstić information content (AvgIpc) is 3.06. The number of likely N-dealkylation sites (tertiary alicyclic amines) is 1. The van der Waals surface area contributed by atoms with Gasteiger partial charge in [-0.05, 0) is 23.5 Å². The Morgan fingerprint density at radius 3 is 2.30 bits per heavy atom. The van der Waals surface area contributed by atoms with Gasteiger partial charge < -0.3 is 15.1 Å². The van der Waals surface area contributed by atoms with E-state index in [1.54, 1.807) is 0 Å². The Hall–Kier alpha value is -2.08. The summed E-state index contributed by atoms with van der Waals surface area (Å²) in [5.41, 5.74) is 2.22. The number of nitrogens with zero attached hydrogens (tertiary/aromatic N) is 3. The Morgan fingerprint density at radius 1 is 1.04 bits per heavy atom. The van der Waals surface area contributed by atoms with Crippen LogP contribution in [0.4, 0.5) is 4.79 Å². The lowest BCUT2D eigenvalue weighted by atomic mass is 10.1. The van der Waals surface area contributed by atoms with Crippen molar-refractivity contribution in [3.8, 4) is 0 Å². The van der Waals surface area contributed by atoms with Crippen LogP contribution in [0, 0.1) is 5.92 Å². The highest BCUT2D eigenvalue weighted by atomic mass is 16.2. The molecule has 2 heterocycles. The second-order valence-electron chi connectivity index (χ2n) is 8.08. The maximum Gasteiger partial charge on any atom is 0.317 e. The van der Waals surface area contributed by atoms with E-state index in [1.165, 1.54) is 0 Å². The summed E-state index contributed by atoms with van der Waals surface area (Å²) in [7, 11) is 0. The molecule has 0 aromatic heterocycles. The van der Waals surface area contributed by atoms with Gasteiger partial charge in [0.15, 0.2) is 0 Å². The Kier molecular flexibility index (Phi) is 6.72. The standard InChI is InChI=1S/C21H32N4O2/c1-17(2)15-23-10-12-24(13-11-23)21(27)22-14-18-5-7-19(8-6-18)16-25-9-3-4-20(25)26/h5-8,17H,3-4,9-16H2,1-2H3,(H,22,27). The fraction of sp³-hybridized carbons (Fsp3) is 0.619. The molecule has 6 nitrogen and oxygen atoms in total. The monoisotopic (exact) mass is 372 g/mol. The number of carbonyl (C=O) groups excluding carboxylic acids is 2. The van der Waals surface area contributed by atoms with E-state index < -0.39 is 0 Å². The molecule has 0 bridgehead atoms. The lowest BCUT2D eigenvalue weighted by Gasteiger charge is -2.35. The predicted octanol–water partition coefficient (Wildman–Crippen LogP) is 2.29. The van der Waals surface area contributed by atoms with Gasteiger partial charge in [-0.3, -0.25) is 9.69 Å². The molecule has 0 aliphatic carbocycles. The summed E-state index contributed by atoms with van der Waals surface area (Å²) in [5, 5.41) is 3.03. The van der Waals surface area contributed by atoms with Gasteiger partial charge in [0.2, 0.25) is 5.91 Å². The predicted molar refractivity (Wildman–Crippen MR) is 106 cm³/mol. The van der Waals surface area contributed by atoms with Gasteiger partial charge in [0, 0.05) is 58.8 Å². The quantitative estimate of drug-likeness (QED) is 0.834. The number of hydrogen-bond donors (Lipinski definition) is 1. The van der Waals surface area contributed by atoms with Gasteiger partial charge in [0.1, 0.15) is 0 Å². The van der Waals surface area contributed by atoms with Crippen molar-refractivity contribution in [1.29, 1.82) is 0 Å². The fourth-order valence-electron chi connectivity index (χ4n) is 3.79. The van der Waals surface area contributed by atoms with Crippen LogP contribution in [0.2, 0.25) is 0 Å². The molecule has 0 saturated carbocycles. The van der Waals surface area contributed by atoms with Crippen LogP contribution < -0.4 is 5.32 Å². The van der Waals surface area contributed by atoms with Crippen molar-refractivity contribution in [2.75, 3.05) is 39.3 Å². The van der Waals surface area contributed by atoms with Gasteiger partial charge in [-0.1, -0.05) is 38.1 Å². The number of urea groups is 1. The van der Waals surface area contributed by atoms with Crippen LogP contribution in [0.15, 0.2) is 24.3 Å². The summed E-state index contributed by atoms with van der Waals surface area (Å²) in [6.07, 6.45) is 1.64. The van der Waals surface area contributed by atoms with Gasteiger partial charge in [-0.25, -0.2) is 4.79 Å². The Morgan fingerprint density at radius 2 is 1.70 bits per heavy atom. The van der Waals surface area contributed by atoms with E-state index in [-0.39, 0.29) is 11.9 Å². The summed E-state index contributed by atoms with van der Waals surface area (Å²) >= 11 is 0. The van der Waals surface area contributed by atoms with E-state index in [0.29, 0.717) is 25.4 Å². The van der Waals surface area contributed by atoms with E-state index in [0.717, 1.165) is 56.8 Å². The molecule has 0 radical (unpaired) electrons. The van der Waals surface area contributed by atoms with Crippen molar-refractivity contribution in [2.24, 2.45) is 5.92 Å². The van der Waals surface area contributed by atoms with Crippen LogP contribution in [-0.2, 0) is 17.9 Å². The minimum Gasteiger partial charge on any atom is -0.338 e.